The summed E-state index contributed by atoms with van der Waals surface area (Å²) in [6.07, 6.45) is 8.16. The Labute approximate surface area is 207 Å². The van der Waals surface area contributed by atoms with Crippen molar-refractivity contribution < 1.29 is 9.47 Å². The van der Waals surface area contributed by atoms with E-state index in [2.05, 4.69) is 64.7 Å². The molecule has 1 rings (SSSR count). The van der Waals surface area contributed by atoms with Gasteiger partial charge in [0.05, 0.1) is 0 Å². The standard InChI is InChI=1S/C16H25GeO2.3C4H9.Sn/c1-6-17(7-2,8-3)12-11-14-9-10-15(18-4)16(13-14)19-5;3*1-3-4-2;/h9-10,12-13H,6-8H2,1-5H3;3*1,3-4H2,2H3;. The Kier molecular flexibility index (Phi) is 14.7. The van der Waals surface area contributed by atoms with E-state index in [9.17, 15) is 0 Å². The zero-order valence-electron chi connectivity index (χ0n) is 22.6. The number of hydrogen-bond donors (Lipinski definition) is 0. The Morgan fingerprint density at radius 1 is 0.750 bits per heavy atom. The van der Waals surface area contributed by atoms with E-state index in [4.69, 9.17) is 9.47 Å². The van der Waals surface area contributed by atoms with E-state index < -0.39 is 31.6 Å². The topological polar surface area (TPSA) is 18.5 Å². The second kappa shape index (κ2) is 15.7. The molecule has 0 fully saturated rings. The Bertz CT molecular complexity index is 652. The SMILES string of the molecule is CCC[CH2][Sn]([CH2]CCC)([CH2]CCC)/[C](=[CH]\[Ge]([CH2]C)([CH2]C)[CH2]C)c1ccc(OC)c(OC)c1. The zero-order chi connectivity index (χ0) is 24.0. The summed E-state index contributed by atoms with van der Waals surface area (Å²) < 4.78 is 17.8. The summed E-state index contributed by atoms with van der Waals surface area (Å²) in [5, 5.41) is 4.21. The van der Waals surface area contributed by atoms with Crippen LogP contribution in [0.3, 0.4) is 0 Å². The van der Waals surface area contributed by atoms with E-state index in [0.29, 0.717) is 0 Å². The average Bonchev–Trinajstić information content (AvgIpc) is 2.85. The molecule has 2 nitrogen and oxygen atoms in total. The van der Waals surface area contributed by atoms with Crippen molar-refractivity contribution in [2.75, 3.05) is 14.2 Å². The van der Waals surface area contributed by atoms with Gasteiger partial charge in [0, 0.05) is 0 Å². The van der Waals surface area contributed by atoms with Gasteiger partial charge in [-0.3, -0.25) is 0 Å². The fourth-order valence-electron chi connectivity index (χ4n) is 5.23. The average molecular weight is 612 g/mol. The molecule has 0 bridgehead atoms. The second-order valence-corrected chi connectivity index (χ2v) is 33.5. The summed E-state index contributed by atoms with van der Waals surface area (Å²) in [7, 11) is 3.52. The summed E-state index contributed by atoms with van der Waals surface area (Å²) >= 11 is -4.64. The molecular weight excluding hydrogens is 560 g/mol. The van der Waals surface area contributed by atoms with Crippen LogP contribution < -0.4 is 9.47 Å². The van der Waals surface area contributed by atoms with Crippen molar-refractivity contribution in [3.8, 4) is 11.5 Å². The molecule has 1 aromatic rings. The van der Waals surface area contributed by atoms with E-state index >= 15 is 0 Å². The molecule has 184 valence electrons. The maximum absolute atomic E-state index is 5.78. The molecule has 0 saturated heterocycles. The Morgan fingerprint density at radius 3 is 1.59 bits per heavy atom. The van der Waals surface area contributed by atoms with E-state index in [1.165, 1.54) is 73.2 Å². The number of ether oxygens (including phenoxy) is 2. The molecule has 0 atom stereocenters. The molecular formula is C28H52GeO2Sn. The van der Waals surface area contributed by atoms with Crippen molar-refractivity contribution in [3.05, 3.63) is 28.7 Å². The van der Waals surface area contributed by atoms with E-state index in [1.807, 2.05) is 3.59 Å². The summed E-state index contributed by atoms with van der Waals surface area (Å²) in [4.78, 5) is 2.98. The van der Waals surface area contributed by atoms with Gasteiger partial charge in [0.1, 0.15) is 0 Å². The molecule has 0 radical (unpaired) electrons. The van der Waals surface area contributed by atoms with Crippen molar-refractivity contribution in [1.82, 2.24) is 0 Å². The molecule has 0 aliphatic heterocycles. The molecule has 0 heterocycles. The summed E-state index contributed by atoms with van der Waals surface area (Å²) in [5.74, 6) is 1.74. The molecule has 0 spiro atoms. The Hall–Kier alpha value is -0.0984. The van der Waals surface area contributed by atoms with Gasteiger partial charge in [0.15, 0.2) is 0 Å². The molecule has 1 aromatic carbocycles. The van der Waals surface area contributed by atoms with Gasteiger partial charge < -0.3 is 0 Å². The summed E-state index contributed by atoms with van der Waals surface area (Å²) in [5.41, 5.74) is 1.46. The maximum atomic E-state index is 5.78. The third kappa shape index (κ3) is 7.99. The van der Waals surface area contributed by atoms with E-state index in [0.717, 1.165) is 11.5 Å². The monoisotopic (exact) mass is 614 g/mol. The molecule has 0 aromatic heterocycles. The van der Waals surface area contributed by atoms with Crippen LogP contribution in [0.1, 0.15) is 85.6 Å². The molecule has 4 heteroatoms. The second-order valence-electron chi connectivity index (χ2n) is 9.64. The van der Waals surface area contributed by atoms with Gasteiger partial charge >= 0.3 is 208 Å². The fraction of sp³-hybridized carbons (Fsp3) is 0.714. The van der Waals surface area contributed by atoms with Gasteiger partial charge in [-0.1, -0.05) is 0 Å². The molecule has 0 saturated carbocycles. The van der Waals surface area contributed by atoms with Crippen molar-refractivity contribution in [2.24, 2.45) is 0 Å². The normalized spacial score (nSPS) is 12.8. The molecule has 0 unspecified atom stereocenters. The predicted molar refractivity (Wildman–Crippen MR) is 150 cm³/mol. The first kappa shape index (κ1) is 29.9. The van der Waals surface area contributed by atoms with Crippen LogP contribution in [-0.4, -0.2) is 45.9 Å². The zero-order valence-corrected chi connectivity index (χ0v) is 27.6. The minimum atomic E-state index is -2.62. The molecule has 0 amide bonds. The van der Waals surface area contributed by atoms with E-state index in [-0.39, 0.29) is 0 Å². The van der Waals surface area contributed by atoms with Gasteiger partial charge in [-0.05, 0) is 0 Å². The van der Waals surface area contributed by atoms with Gasteiger partial charge in [-0.25, -0.2) is 0 Å². The van der Waals surface area contributed by atoms with Crippen LogP contribution in [0.15, 0.2) is 23.1 Å². The quantitative estimate of drug-likeness (QED) is 0.163. The van der Waals surface area contributed by atoms with Crippen LogP contribution in [0, 0.1) is 0 Å². The van der Waals surface area contributed by atoms with Crippen LogP contribution in [-0.2, 0) is 0 Å². The van der Waals surface area contributed by atoms with Crippen molar-refractivity contribution in [2.45, 2.75) is 109 Å². The van der Waals surface area contributed by atoms with Gasteiger partial charge in [-0.15, -0.1) is 0 Å². The first-order valence-electron chi connectivity index (χ1n) is 13.4. The molecule has 0 aliphatic rings. The summed E-state index contributed by atoms with van der Waals surface area (Å²) in [6.45, 7) is 14.5. The third-order valence-electron chi connectivity index (χ3n) is 7.86. The predicted octanol–water partition coefficient (Wildman–Crippen LogP) is 9.52. The van der Waals surface area contributed by atoms with Crippen molar-refractivity contribution >= 4 is 35.2 Å². The summed E-state index contributed by atoms with van der Waals surface area (Å²) in [6, 6.07) is 6.82. The number of benzene rings is 1. The minimum absolute atomic E-state index is 0.848. The van der Waals surface area contributed by atoms with Crippen molar-refractivity contribution in [3.63, 3.8) is 0 Å². The Balaban J connectivity index is 3.85. The van der Waals surface area contributed by atoms with Crippen LogP contribution >= 0.6 is 0 Å². The Morgan fingerprint density at radius 2 is 1.22 bits per heavy atom. The van der Waals surface area contributed by atoms with Gasteiger partial charge in [-0.2, -0.15) is 0 Å². The van der Waals surface area contributed by atoms with Crippen LogP contribution in [0.4, 0.5) is 0 Å². The van der Waals surface area contributed by atoms with Gasteiger partial charge in [0.25, 0.3) is 0 Å². The number of unbranched alkanes of at least 4 members (excludes halogenated alkanes) is 3. The van der Waals surface area contributed by atoms with Crippen molar-refractivity contribution in [1.29, 1.82) is 0 Å². The van der Waals surface area contributed by atoms with Crippen LogP contribution in [0.5, 0.6) is 11.5 Å². The fourth-order valence-corrected chi connectivity index (χ4v) is 36.5. The van der Waals surface area contributed by atoms with Gasteiger partial charge in [0.2, 0.25) is 0 Å². The molecule has 0 N–H and O–H groups in total. The van der Waals surface area contributed by atoms with Crippen LogP contribution in [0.25, 0.3) is 3.59 Å². The molecule has 32 heavy (non-hydrogen) atoms. The first-order valence-corrected chi connectivity index (χ1v) is 26.5. The molecule has 0 aliphatic carbocycles. The van der Waals surface area contributed by atoms with E-state index in [1.54, 1.807) is 14.2 Å². The third-order valence-corrected chi connectivity index (χ3v) is 36.1. The van der Waals surface area contributed by atoms with Crippen LogP contribution in [0.2, 0.25) is 29.1 Å². The number of rotatable bonds is 17. The first-order chi connectivity index (χ1) is 15.4. The number of methoxy groups -OCH3 is 2. The number of hydrogen-bond acceptors (Lipinski definition) is 2.